The maximum Gasteiger partial charge on any atom is 0.137 e. The third kappa shape index (κ3) is 2.13. The van der Waals surface area contributed by atoms with Crippen molar-refractivity contribution in [1.82, 2.24) is 14.8 Å². The van der Waals surface area contributed by atoms with Crippen LogP contribution in [0.3, 0.4) is 0 Å². The molecule has 1 aromatic heterocycles. The topological polar surface area (TPSA) is 39.9 Å². The molecular weight excluding hydrogens is 274 g/mol. The molecule has 1 aromatic carbocycles. The largest absolute Gasteiger partial charge is 0.364 e. The van der Waals surface area contributed by atoms with E-state index in [1.54, 1.807) is 12.7 Å². The van der Waals surface area contributed by atoms with Crippen molar-refractivity contribution in [1.29, 1.82) is 0 Å². The zero-order valence-electron chi connectivity index (χ0n) is 11.7. The highest BCUT2D eigenvalue weighted by molar-refractivity contribution is 6.30. The summed E-state index contributed by atoms with van der Waals surface area (Å²) in [5.41, 5.74) is 0.813. The molecule has 0 saturated carbocycles. The predicted octanol–water partition coefficient (Wildman–Crippen LogP) is 3.27. The lowest BCUT2D eigenvalue weighted by Gasteiger charge is -2.54. The van der Waals surface area contributed by atoms with E-state index in [2.05, 4.69) is 23.9 Å². The van der Waals surface area contributed by atoms with Crippen molar-refractivity contribution in [2.24, 2.45) is 5.92 Å². The Morgan fingerprint density at radius 1 is 1.35 bits per heavy atom. The van der Waals surface area contributed by atoms with Crippen molar-refractivity contribution < 1.29 is 4.74 Å². The van der Waals surface area contributed by atoms with Crippen LogP contribution in [0.5, 0.6) is 0 Å². The van der Waals surface area contributed by atoms with Crippen LogP contribution >= 0.6 is 11.6 Å². The van der Waals surface area contributed by atoms with Gasteiger partial charge in [-0.2, -0.15) is 5.10 Å². The second-order valence-corrected chi connectivity index (χ2v) is 5.78. The molecule has 3 rings (SSSR count). The Balaban J connectivity index is 1.94. The number of ether oxygens (including phenoxy) is 1. The van der Waals surface area contributed by atoms with Crippen LogP contribution in [-0.2, 0) is 16.9 Å². The summed E-state index contributed by atoms with van der Waals surface area (Å²) in [6.07, 6.45) is 4.60. The van der Waals surface area contributed by atoms with Gasteiger partial charge in [0.25, 0.3) is 0 Å². The van der Waals surface area contributed by atoms with Gasteiger partial charge in [-0.05, 0) is 24.1 Å². The molecule has 2 aromatic rings. The molecule has 0 aliphatic carbocycles. The fraction of sp³-hybridized carbons (Fsp3) is 0.467. The molecule has 2 heterocycles. The minimum Gasteiger partial charge on any atom is -0.364 e. The number of aromatic nitrogens is 3. The molecule has 4 nitrogen and oxygen atoms in total. The molecule has 5 heteroatoms. The average molecular weight is 292 g/mol. The molecule has 106 valence electrons. The molecular formula is C15H18ClN3O. The summed E-state index contributed by atoms with van der Waals surface area (Å²) in [6, 6.07) is 7.91. The smallest absolute Gasteiger partial charge is 0.137 e. The second-order valence-electron chi connectivity index (χ2n) is 5.34. The molecule has 1 aliphatic rings. The van der Waals surface area contributed by atoms with E-state index < -0.39 is 0 Å². The SMILES string of the molecule is CCC1OC(Cn2cncn2)(c2ccc(Cl)cc2)C1C. The van der Waals surface area contributed by atoms with Crippen LogP contribution < -0.4 is 0 Å². The Hall–Kier alpha value is -1.39. The Morgan fingerprint density at radius 2 is 2.10 bits per heavy atom. The predicted molar refractivity (Wildman–Crippen MR) is 77.5 cm³/mol. The molecule has 3 unspecified atom stereocenters. The number of hydrogen-bond acceptors (Lipinski definition) is 3. The average Bonchev–Trinajstić information content (AvgIpc) is 2.96. The van der Waals surface area contributed by atoms with Crippen molar-refractivity contribution in [3.8, 4) is 0 Å². The van der Waals surface area contributed by atoms with Gasteiger partial charge in [-0.15, -0.1) is 0 Å². The van der Waals surface area contributed by atoms with Gasteiger partial charge in [-0.1, -0.05) is 37.6 Å². The third-order valence-corrected chi connectivity index (χ3v) is 4.51. The first-order valence-electron chi connectivity index (χ1n) is 6.92. The maximum absolute atomic E-state index is 6.26. The Kier molecular flexibility index (Phi) is 3.52. The van der Waals surface area contributed by atoms with E-state index >= 15 is 0 Å². The summed E-state index contributed by atoms with van der Waals surface area (Å²) in [6.45, 7) is 5.07. The van der Waals surface area contributed by atoms with Gasteiger partial charge in [0.1, 0.15) is 18.3 Å². The van der Waals surface area contributed by atoms with Crippen molar-refractivity contribution >= 4 is 11.6 Å². The van der Waals surface area contributed by atoms with Crippen LogP contribution in [0.4, 0.5) is 0 Å². The van der Waals surface area contributed by atoms with Crippen molar-refractivity contribution in [2.45, 2.75) is 38.5 Å². The van der Waals surface area contributed by atoms with E-state index in [-0.39, 0.29) is 5.60 Å². The van der Waals surface area contributed by atoms with Crippen LogP contribution in [0.15, 0.2) is 36.9 Å². The first-order chi connectivity index (χ1) is 9.65. The minimum absolute atomic E-state index is 0.300. The second kappa shape index (κ2) is 5.19. The summed E-state index contributed by atoms with van der Waals surface area (Å²) in [5.74, 6) is 0.429. The highest BCUT2D eigenvalue weighted by atomic mass is 35.5. The number of nitrogens with zero attached hydrogens (tertiary/aromatic N) is 3. The molecule has 20 heavy (non-hydrogen) atoms. The molecule has 1 saturated heterocycles. The van der Waals surface area contributed by atoms with E-state index in [9.17, 15) is 0 Å². The summed E-state index contributed by atoms with van der Waals surface area (Å²) < 4.78 is 8.09. The van der Waals surface area contributed by atoms with Gasteiger partial charge in [0, 0.05) is 10.9 Å². The highest BCUT2D eigenvalue weighted by Crippen LogP contribution is 2.49. The van der Waals surface area contributed by atoms with Crippen LogP contribution in [0.25, 0.3) is 0 Å². The molecule has 3 atom stereocenters. The van der Waals surface area contributed by atoms with Crippen molar-refractivity contribution in [2.75, 3.05) is 0 Å². The van der Waals surface area contributed by atoms with E-state index in [1.807, 2.05) is 28.9 Å². The number of halogens is 1. The Labute approximate surface area is 123 Å². The maximum atomic E-state index is 6.26. The van der Waals surface area contributed by atoms with Crippen LogP contribution in [-0.4, -0.2) is 20.9 Å². The Morgan fingerprint density at radius 3 is 2.65 bits per heavy atom. The van der Waals surface area contributed by atoms with E-state index in [1.165, 1.54) is 0 Å². The summed E-state index contributed by atoms with van der Waals surface area (Å²) in [5, 5.41) is 4.95. The molecule has 1 fully saturated rings. The fourth-order valence-corrected chi connectivity index (χ4v) is 3.16. The summed E-state index contributed by atoms with van der Waals surface area (Å²) in [7, 11) is 0. The highest BCUT2D eigenvalue weighted by Gasteiger charge is 2.53. The lowest BCUT2D eigenvalue weighted by molar-refractivity contribution is -0.271. The van der Waals surface area contributed by atoms with E-state index in [0.717, 1.165) is 17.0 Å². The van der Waals surface area contributed by atoms with Crippen molar-refractivity contribution in [3.63, 3.8) is 0 Å². The third-order valence-electron chi connectivity index (χ3n) is 4.25. The van der Waals surface area contributed by atoms with Crippen molar-refractivity contribution in [3.05, 3.63) is 47.5 Å². The summed E-state index contributed by atoms with van der Waals surface area (Å²) in [4.78, 5) is 4.01. The molecule has 0 amide bonds. The molecule has 0 radical (unpaired) electrons. The quantitative estimate of drug-likeness (QED) is 0.868. The monoisotopic (exact) mass is 291 g/mol. The van der Waals surface area contributed by atoms with Gasteiger partial charge < -0.3 is 4.74 Å². The minimum atomic E-state index is -0.334. The fourth-order valence-electron chi connectivity index (χ4n) is 3.03. The van der Waals surface area contributed by atoms with Gasteiger partial charge in [-0.25, -0.2) is 9.67 Å². The molecule has 0 N–H and O–H groups in total. The van der Waals surface area contributed by atoms with Gasteiger partial charge >= 0.3 is 0 Å². The van der Waals surface area contributed by atoms with Crippen LogP contribution in [0.1, 0.15) is 25.8 Å². The molecule has 0 spiro atoms. The standard InChI is InChI=1S/C15H18ClN3O/c1-3-14-11(2)15(20-14,8-19-10-17-9-18-19)12-4-6-13(16)7-5-12/h4-7,9-11,14H,3,8H2,1-2H3. The Bertz CT molecular complexity index is 569. The first-order valence-corrected chi connectivity index (χ1v) is 7.30. The van der Waals surface area contributed by atoms with Gasteiger partial charge in [-0.3, -0.25) is 0 Å². The number of hydrogen-bond donors (Lipinski definition) is 0. The zero-order chi connectivity index (χ0) is 14.2. The van der Waals surface area contributed by atoms with Gasteiger partial charge in [0.15, 0.2) is 0 Å². The summed E-state index contributed by atoms with van der Waals surface area (Å²) >= 11 is 5.99. The zero-order valence-corrected chi connectivity index (χ0v) is 12.4. The van der Waals surface area contributed by atoms with E-state index in [0.29, 0.717) is 18.6 Å². The van der Waals surface area contributed by atoms with Gasteiger partial charge in [0.05, 0.1) is 12.6 Å². The lowest BCUT2D eigenvalue weighted by atomic mass is 9.72. The molecule has 1 aliphatic heterocycles. The first kappa shape index (κ1) is 13.6. The van der Waals surface area contributed by atoms with Crippen LogP contribution in [0, 0.1) is 5.92 Å². The lowest BCUT2D eigenvalue weighted by Crippen LogP contribution is -2.58. The van der Waals surface area contributed by atoms with Gasteiger partial charge in [0.2, 0.25) is 0 Å². The van der Waals surface area contributed by atoms with E-state index in [4.69, 9.17) is 16.3 Å². The number of rotatable bonds is 4. The molecule has 0 bridgehead atoms. The van der Waals surface area contributed by atoms with Crippen LogP contribution in [0.2, 0.25) is 5.02 Å². The number of benzene rings is 1. The normalized spacial score (nSPS) is 29.1.